The van der Waals surface area contributed by atoms with Crippen molar-refractivity contribution in [2.75, 3.05) is 0 Å². The number of rotatable bonds is 3. The summed E-state index contributed by atoms with van der Waals surface area (Å²) < 4.78 is 0. The Morgan fingerprint density at radius 3 is 2.28 bits per heavy atom. The highest BCUT2D eigenvalue weighted by atomic mass is 14.9. The van der Waals surface area contributed by atoms with Gasteiger partial charge in [-0.3, -0.25) is 0 Å². The molecule has 0 spiro atoms. The van der Waals surface area contributed by atoms with Crippen LogP contribution in [0.3, 0.4) is 0 Å². The predicted molar refractivity (Wildman–Crippen MR) is 79.0 cm³/mol. The molecule has 0 radical (unpaired) electrons. The van der Waals surface area contributed by atoms with Crippen LogP contribution in [0.4, 0.5) is 0 Å². The first-order valence-electron chi connectivity index (χ1n) is 7.50. The highest BCUT2D eigenvalue weighted by Gasteiger charge is 2.15. The third kappa shape index (κ3) is 3.58. The largest absolute Gasteiger partial charge is 0.307 e. The molecule has 0 heterocycles. The summed E-state index contributed by atoms with van der Waals surface area (Å²) in [5, 5.41) is 3.82. The maximum Gasteiger partial charge on any atom is 0.0294 e. The fourth-order valence-corrected chi connectivity index (χ4v) is 2.93. The highest BCUT2D eigenvalue weighted by Crippen LogP contribution is 2.22. The van der Waals surface area contributed by atoms with E-state index in [1.807, 2.05) is 0 Å². The van der Waals surface area contributed by atoms with Crippen LogP contribution in [0.5, 0.6) is 0 Å². The van der Waals surface area contributed by atoms with E-state index in [2.05, 4.69) is 44.3 Å². The van der Waals surface area contributed by atoms with Gasteiger partial charge in [0.25, 0.3) is 0 Å². The third-order valence-electron chi connectivity index (χ3n) is 4.37. The van der Waals surface area contributed by atoms with Gasteiger partial charge in [0.15, 0.2) is 0 Å². The van der Waals surface area contributed by atoms with Gasteiger partial charge < -0.3 is 5.32 Å². The van der Waals surface area contributed by atoms with Gasteiger partial charge in [0, 0.05) is 12.1 Å². The van der Waals surface area contributed by atoms with E-state index in [9.17, 15) is 0 Å². The van der Waals surface area contributed by atoms with Gasteiger partial charge >= 0.3 is 0 Å². The average Bonchev–Trinajstić information content (AvgIpc) is 2.61. The van der Waals surface area contributed by atoms with E-state index in [1.54, 1.807) is 0 Å². The zero-order chi connectivity index (χ0) is 13.0. The lowest BCUT2D eigenvalue weighted by atomic mass is 10.0. The maximum atomic E-state index is 3.82. The molecule has 1 heteroatoms. The van der Waals surface area contributed by atoms with Gasteiger partial charge in [-0.05, 0) is 50.3 Å². The molecule has 1 nitrogen and oxygen atoms in total. The quantitative estimate of drug-likeness (QED) is 0.763. The van der Waals surface area contributed by atoms with Crippen LogP contribution in [0.15, 0.2) is 18.2 Å². The fraction of sp³-hybridized carbons (Fsp3) is 0.647. The number of aryl methyl sites for hydroxylation is 2. The normalized spacial score (nSPS) is 19.5. The van der Waals surface area contributed by atoms with Gasteiger partial charge in [0.2, 0.25) is 0 Å². The molecular weight excluding hydrogens is 218 g/mol. The molecule has 1 N–H and O–H groups in total. The third-order valence-corrected chi connectivity index (χ3v) is 4.37. The van der Waals surface area contributed by atoms with Gasteiger partial charge in [-0.2, -0.15) is 0 Å². The Balaban J connectivity index is 1.97. The van der Waals surface area contributed by atoms with Crippen LogP contribution in [0.1, 0.15) is 68.2 Å². The Bertz CT molecular complexity index is 375. The second-order valence-corrected chi connectivity index (χ2v) is 5.92. The number of benzene rings is 1. The van der Waals surface area contributed by atoms with Crippen molar-refractivity contribution >= 4 is 0 Å². The molecule has 0 aliphatic heterocycles. The SMILES string of the molecule is Cc1ccc(C(C)NC2CCCCCC2)cc1C. The van der Waals surface area contributed by atoms with Gasteiger partial charge in [0.1, 0.15) is 0 Å². The van der Waals surface area contributed by atoms with Gasteiger partial charge in [0.05, 0.1) is 0 Å². The highest BCUT2D eigenvalue weighted by molar-refractivity contribution is 5.31. The molecule has 0 aromatic heterocycles. The summed E-state index contributed by atoms with van der Waals surface area (Å²) in [5.74, 6) is 0. The summed E-state index contributed by atoms with van der Waals surface area (Å²) in [5.41, 5.74) is 4.23. The molecule has 1 aromatic rings. The fourth-order valence-electron chi connectivity index (χ4n) is 2.93. The van der Waals surface area contributed by atoms with Gasteiger partial charge in [-0.1, -0.05) is 43.9 Å². The minimum absolute atomic E-state index is 0.479. The summed E-state index contributed by atoms with van der Waals surface area (Å²) in [6, 6.07) is 8.06. The number of nitrogens with one attached hydrogen (secondary N) is 1. The zero-order valence-corrected chi connectivity index (χ0v) is 12.1. The lowest BCUT2D eigenvalue weighted by molar-refractivity contribution is 0.414. The molecule has 0 bridgehead atoms. The van der Waals surface area contributed by atoms with Crippen LogP contribution in [-0.4, -0.2) is 6.04 Å². The molecular formula is C17H27N. The van der Waals surface area contributed by atoms with Crippen LogP contribution >= 0.6 is 0 Å². The monoisotopic (exact) mass is 245 g/mol. The topological polar surface area (TPSA) is 12.0 Å². The summed E-state index contributed by atoms with van der Waals surface area (Å²) in [4.78, 5) is 0. The van der Waals surface area contributed by atoms with Crippen LogP contribution in [0.25, 0.3) is 0 Å². The van der Waals surface area contributed by atoms with E-state index in [1.165, 1.54) is 55.2 Å². The molecule has 1 fully saturated rings. The van der Waals surface area contributed by atoms with Crippen molar-refractivity contribution in [3.63, 3.8) is 0 Å². The summed E-state index contributed by atoms with van der Waals surface area (Å²) in [6.07, 6.45) is 8.37. The lowest BCUT2D eigenvalue weighted by Crippen LogP contribution is -2.31. The molecule has 18 heavy (non-hydrogen) atoms. The minimum Gasteiger partial charge on any atom is -0.307 e. The summed E-state index contributed by atoms with van der Waals surface area (Å²) in [7, 11) is 0. The molecule has 1 aromatic carbocycles. The maximum absolute atomic E-state index is 3.82. The van der Waals surface area contributed by atoms with Crippen molar-refractivity contribution < 1.29 is 0 Å². The van der Waals surface area contributed by atoms with Crippen LogP contribution in [0, 0.1) is 13.8 Å². The Labute approximate surface area is 112 Å². The van der Waals surface area contributed by atoms with E-state index in [0.717, 1.165) is 6.04 Å². The molecule has 2 rings (SSSR count). The predicted octanol–water partition coefficient (Wildman–Crippen LogP) is 4.68. The average molecular weight is 245 g/mol. The smallest absolute Gasteiger partial charge is 0.0294 e. The first-order valence-corrected chi connectivity index (χ1v) is 7.50. The molecule has 1 unspecified atom stereocenters. The van der Waals surface area contributed by atoms with Crippen LogP contribution in [-0.2, 0) is 0 Å². The first-order chi connectivity index (χ1) is 8.66. The second kappa shape index (κ2) is 6.38. The molecule has 1 aliphatic rings. The molecule has 1 saturated carbocycles. The molecule has 1 atom stereocenters. The standard InChI is InChI=1S/C17H27N/c1-13-10-11-16(12-14(13)2)15(3)18-17-8-6-4-5-7-9-17/h10-12,15,17-18H,4-9H2,1-3H3. The minimum atomic E-state index is 0.479. The number of hydrogen-bond acceptors (Lipinski definition) is 1. The Morgan fingerprint density at radius 1 is 1.00 bits per heavy atom. The van der Waals surface area contributed by atoms with Gasteiger partial charge in [-0.15, -0.1) is 0 Å². The van der Waals surface area contributed by atoms with Crippen molar-refractivity contribution in [2.24, 2.45) is 0 Å². The Hall–Kier alpha value is -0.820. The van der Waals surface area contributed by atoms with E-state index in [-0.39, 0.29) is 0 Å². The van der Waals surface area contributed by atoms with Crippen molar-refractivity contribution in [2.45, 2.75) is 71.4 Å². The van der Waals surface area contributed by atoms with E-state index in [4.69, 9.17) is 0 Å². The number of hydrogen-bond donors (Lipinski definition) is 1. The second-order valence-electron chi connectivity index (χ2n) is 5.92. The van der Waals surface area contributed by atoms with Crippen molar-refractivity contribution in [3.8, 4) is 0 Å². The lowest BCUT2D eigenvalue weighted by Gasteiger charge is -2.23. The summed E-state index contributed by atoms with van der Waals surface area (Å²) >= 11 is 0. The summed E-state index contributed by atoms with van der Waals surface area (Å²) in [6.45, 7) is 6.69. The Kier molecular flexibility index (Phi) is 4.82. The molecule has 0 amide bonds. The first kappa shape index (κ1) is 13.6. The Morgan fingerprint density at radius 2 is 1.67 bits per heavy atom. The molecule has 0 saturated heterocycles. The van der Waals surface area contributed by atoms with E-state index < -0.39 is 0 Å². The van der Waals surface area contributed by atoms with Crippen LogP contribution in [0.2, 0.25) is 0 Å². The van der Waals surface area contributed by atoms with Gasteiger partial charge in [-0.25, -0.2) is 0 Å². The molecule has 100 valence electrons. The van der Waals surface area contributed by atoms with E-state index >= 15 is 0 Å². The van der Waals surface area contributed by atoms with Crippen LogP contribution < -0.4 is 5.32 Å². The van der Waals surface area contributed by atoms with Crippen molar-refractivity contribution in [1.29, 1.82) is 0 Å². The zero-order valence-electron chi connectivity index (χ0n) is 12.1. The van der Waals surface area contributed by atoms with Crippen molar-refractivity contribution in [3.05, 3.63) is 34.9 Å². The van der Waals surface area contributed by atoms with E-state index in [0.29, 0.717) is 6.04 Å². The van der Waals surface area contributed by atoms with Crippen molar-refractivity contribution in [1.82, 2.24) is 5.32 Å². The molecule has 1 aliphatic carbocycles.